The molecule has 0 fully saturated rings. The van der Waals surface area contributed by atoms with E-state index in [0.29, 0.717) is 34.3 Å². The zero-order valence-corrected chi connectivity index (χ0v) is 19.2. The molecular formula is C27H25NO3S. The maximum absolute atomic E-state index is 13.6. The summed E-state index contributed by atoms with van der Waals surface area (Å²) in [5.74, 6) is 0.639. The Labute approximate surface area is 192 Å². The van der Waals surface area contributed by atoms with Crippen LogP contribution in [0.2, 0.25) is 0 Å². The SMILES string of the molecule is CCOc1cccc(N2C(=O)C(SCc3ccccc3)=C(c3ccc(C)c(C)c3)C2=O)c1. The lowest BCUT2D eigenvalue weighted by Crippen LogP contribution is -2.31. The van der Waals surface area contributed by atoms with Gasteiger partial charge in [0.1, 0.15) is 5.75 Å². The molecule has 0 N–H and O–H groups in total. The predicted octanol–water partition coefficient (Wildman–Crippen LogP) is 5.92. The molecule has 0 aliphatic carbocycles. The zero-order chi connectivity index (χ0) is 22.7. The second-order valence-corrected chi connectivity index (χ2v) is 8.64. The van der Waals surface area contributed by atoms with Gasteiger partial charge in [-0.2, -0.15) is 0 Å². The van der Waals surface area contributed by atoms with Crippen LogP contribution in [0.5, 0.6) is 5.75 Å². The van der Waals surface area contributed by atoms with E-state index in [1.807, 2.05) is 75.4 Å². The summed E-state index contributed by atoms with van der Waals surface area (Å²) in [5.41, 5.74) is 5.07. The molecule has 0 radical (unpaired) electrons. The Balaban J connectivity index is 1.75. The van der Waals surface area contributed by atoms with Crippen molar-refractivity contribution in [3.8, 4) is 5.75 Å². The fourth-order valence-corrected chi connectivity index (χ4v) is 4.71. The Morgan fingerprint density at radius 3 is 2.34 bits per heavy atom. The highest BCUT2D eigenvalue weighted by atomic mass is 32.2. The van der Waals surface area contributed by atoms with E-state index in [-0.39, 0.29) is 11.8 Å². The van der Waals surface area contributed by atoms with Crippen molar-refractivity contribution in [2.75, 3.05) is 11.5 Å². The van der Waals surface area contributed by atoms with Crippen LogP contribution in [0.1, 0.15) is 29.2 Å². The van der Waals surface area contributed by atoms with Gasteiger partial charge in [0.25, 0.3) is 11.8 Å². The van der Waals surface area contributed by atoms with Gasteiger partial charge < -0.3 is 4.74 Å². The molecule has 4 rings (SSSR count). The lowest BCUT2D eigenvalue weighted by Gasteiger charge is -2.16. The lowest BCUT2D eigenvalue weighted by molar-refractivity contribution is -0.119. The standard InChI is InChI=1S/C27H25NO3S/c1-4-31-23-12-8-11-22(16-23)28-26(29)24(21-14-13-18(2)19(3)15-21)25(27(28)30)32-17-20-9-6-5-7-10-20/h5-16H,4,17H2,1-3H3. The summed E-state index contributed by atoms with van der Waals surface area (Å²) in [4.78, 5) is 28.9. The second-order valence-electron chi connectivity index (χ2n) is 7.65. The third-order valence-corrected chi connectivity index (χ3v) is 6.59. The lowest BCUT2D eigenvalue weighted by atomic mass is 10.0. The van der Waals surface area contributed by atoms with E-state index < -0.39 is 0 Å². The van der Waals surface area contributed by atoms with Crippen LogP contribution in [0, 0.1) is 13.8 Å². The Kier molecular flexibility index (Phi) is 6.47. The molecule has 32 heavy (non-hydrogen) atoms. The van der Waals surface area contributed by atoms with Gasteiger partial charge in [-0.05, 0) is 55.2 Å². The number of ether oxygens (including phenoxy) is 1. The number of rotatable bonds is 7. The zero-order valence-electron chi connectivity index (χ0n) is 18.4. The highest BCUT2D eigenvalue weighted by molar-refractivity contribution is 8.03. The maximum atomic E-state index is 13.6. The molecule has 1 aliphatic heterocycles. The summed E-state index contributed by atoms with van der Waals surface area (Å²) in [6, 6.07) is 23.0. The van der Waals surface area contributed by atoms with E-state index in [0.717, 1.165) is 22.3 Å². The van der Waals surface area contributed by atoms with Crippen LogP contribution < -0.4 is 9.64 Å². The molecule has 3 aromatic rings. The van der Waals surface area contributed by atoms with Crippen molar-refractivity contribution in [1.29, 1.82) is 0 Å². The van der Waals surface area contributed by atoms with Crippen molar-refractivity contribution >= 4 is 34.8 Å². The number of thioether (sulfide) groups is 1. The third-order valence-electron chi connectivity index (χ3n) is 5.45. The maximum Gasteiger partial charge on any atom is 0.272 e. The molecule has 0 saturated carbocycles. The van der Waals surface area contributed by atoms with E-state index >= 15 is 0 Å². The van der Waals surface area contributed by atoms with Crippen molar-refractivity contribution in [2.24, 2.45) is 0 Å². The van der Waals surface area contributed by atoms with Crippen LogP contribution in [-0.2, 0) is 15.3 Å². The van der Waals surface area contributed by atoms with Gasteiger partial charge in [0.05, 0.1) is 22.8 Å². The smallest absolute Gasteiger partial charge is 0.272 e. The number of anilines is 1. The Hall–Kier alpha value is -3.31. The van der Waals surface area contributed by atoms with E-state index in [1.54, 1.807) is 18.2 Å². The number of nitrogens with zero attached hydrogens (tertiary/aromatic N) is 1. The normalized spacial score (nSPS) is 13.8. The van der Waals surface area contributed by atoms with E-state index in [2.05, 4.69) is 0 Å². The topological polar surface area (TPSA) is 46.6 Å². The van der Waals surface area contributed by atoms with Crippen molar-refractivity contribution < 1.29 is 14.3 Å². The first kappa shape index (κ1) is 21.9. The number of imide groups is 1. The summed E-state index contributed by atoms with van der Waals surface area (Å²) >= 11 is 1.41. The average molecular weight is 444 g/mol. The number of hydrogen-bond donors (Lipinski definition) is 0. The van der Waals surface area contributed by atoms with E-state index in [9.17, 15) is 9.59 Å². The number of hydrogen-bond acceptors (Lipinski definition) is 4. The highest BCUT2D eigenvalue weighted by Gasteiger charge is 2.40. The highest BCUT2D eigenvalue weighted by Crippen LogP contribution is 2.40. The largest absolute Gasteiger partial charge is 0.494 e. The van der Waals surface area contributed by atoms with Gasteiger partial charge in [-0.15, -0.1) is 11.8 Å². The molecule has 1 heterocycles. The summed E-state index contributed by atoms with van der Waals surface area (Å²) in [6.07, 6.45) is 0. The van der Waals surface area contributed by atoms with Gasteiger partial charge in [-0.1, -0.05) is 54.6 Å². The van der Waals surface area contributed by atoms with Crippen molar-refractivity contribution in [3.63, 3.8) is 0 Å². The Morgan fingerprint density at radius 1 is 0.844 bits per heavy atom. The molecule has 1 aliphatic rings. The van der Waals surface area contributed by atoms with Crippen molar-refractivity contribution in [3.05, 3.63) is 100.0 Å². The number of aryl methyl sites for hydroxylation is 2. The molecule has 0 saturated heterocycles. The molecule has 0 bridgehead atoms. The van der Waals surface area contributed by atoms with Gasteiger partial charge in [0, 0.05) is 11.8 Å². The first-order valence-electron chi connectivity index (χ1n) is 10.6. The summed E-state index contributed by atoms with van der Waals surface area (Å²) in [5, 5.41) is 0. The average Bonchev–Trinajstić information content (AvgIpc) is 3.04. The molecule has 5 heteroatoms. The number of amides is 2. The van der Waals surface area contributed by atoms with Crippen LogP contribution >= 0.6 is 11.8 Å². The molecule has 2 amide bonds. The number of carbonyl (C=O) groups excluding carboxylic acids is 2. The molecule has 3 aromatic carbocycles. The molecule has 162 valence electrons. The fourth-order valence-electron chi connectivity index (χ4n) is 3.64. The summed E-state index contributed by atoms with van der Waals surface area (Å²) in [7, 11) is 0. The summed E-state index contributed by atoms with van der Waals surface area (Å²) < 4.78 is 5.58. The van der Waals surface area contributed by atoms with Crippen molar-refractivity contribution in [2.45, 2.75) is 26.5 Å². The third kappa shape index (κ3) is 4.34. The minimum absolute atomic E-state index is 0.294. The number of carbonyl (C=O) groups is 2. The van der Waals surface area contributed by atoms with Gasteiger partial charge in [0.2, 0.25) is 0 Å². The Bertz CT molecular complexity index is 1200. The first-order chi connectivity index (χ1) is 15.5. The first-order valence-corrected chi connectivity index (χ1v) is 11.6. The van der Waals surface area contributed by atoms with E-state index in [4.69, 9.17) is 4.74 Å². The van der Waals surface area contributed by atoms with Crippen LogP contribution in [0.4, 0.5) is 5.69 Å². The minimum Gasteiger partial charge on any atom is -0.494 e. The van der Waals surface area contributed by atoms with Crippen molar-refractivity contribution in [1.82, 2.24) is 0 Å². The van der Waals surface area contributed by atoms with Gasteiger partial charge in [-0.25, -0.2) is 4.90 Å². The minimum atomic E-state index is -0.303. The van der Waals surface area contributed by atoms with Gasteiger partial charge in [0.15, 0.2) is 0 Å². The monoisotopic (exact) mass is 443 g/mol. The molecule has 0 aromatic heterocycles. The summed E-state index contributed by atoms with van der Waals surface area (Å²) in [6.45, 7) is 6.46. The molecule has 0 spiro atoms. The quantitative estimate of drug-likeness (QED) is 0.425. The Morgan fingerprint density at radius 2 is 1.62 bits per heavy atom. The van der Waals surface area contributed by atoms with Crippen LogP contribution in [0.15, 0.2) is 77.7 Å². The van der Waals surface area contributed by atoms with Gasteiger partial charge >= 0.3 is 0 Å². The molecule has 0 atom stereocenters. The second kappa shape index (κ2) is 9.45. The molecule has 4 nitrogen and oxygen atoms in total. The van der Waals surface area contributed by atoms with Crippen LogP contribution in [0.25, 0.3) is 5.57 Å². The fraction of sp³-hybridized carbons (Fsp3) is 0.185. The van der Waals surface area contributed by atoms with Gasteiger partial charge in [-0.3, -0.25) is 9.59 Å². The molecular weight excluding hydrogens is 418 g/mol. The number of benzene rings is 3. The van der Waals surface area contributed by atoms with E-state index in [1.165, 1.54) is 16.7 Å². The molecule has 0 unspecified atom stereocenters. The predicted molar refractivity (Wildman–Crippen MR) is 131 cm³/mol. The van der Waals surface area contributed by atoms with Crippen LogP contribution in [0.3, 0.4) is 0 Å². The van der Waals surface area contributed by atoms with Crippen LogP contribution in [-0.4, -0.2) is 18.4 Å².